The Labute approximate surface area is 322 Å². The smallest absolute Gasteiger partial charge is 0.410 e. The van der Waals surface area contributed by atoms with Gasteiger partial charge in [0.1, 0.15) is 29.5 Å². The molecule has 5 aliphatic rings. The Kier molecular flexibility index (Phi) is 10.1. The maximum Gasteiger partial charge on any atom is 0.410 e. The monoisotopic (exact) mass is 790 g/mol. The van der Waals surface area contributed by atoms with E-state index in [4.69, 9.17) is 9.72 Å². The molecule has 3 aromatic rings. The molecule has 3 N–H and O–H groups in total. The lowest BCUT2D eigenvalue weighted by molar-refractivity contribution is -0.140. The average molecular weight is 791 g/mol. The number of carbonyl (C=O) groups is 4. The van der Waals surface area contributed by atoms with Crippen LogP contribution in [0, 0.1) is 11.7 Å². The van der Waals surface area contributed by atoms with Gasteiger partial charge in [-0.05, 0) is 50.2 Å². The zero-order valence-corrected chi connectivity index (χ0v) is 31.7. The lowest BCUT2D eigenvalue weighted by Crippen LogP contribution is -2.57. The molecule has 3 aliphatic heterocycles. The molecule has 16 heteroatoms. The Morgan fingerprint density at radius 1 is 1.02 bits per heavy atom. The summed E-state index contributed by atoms with van der Waals surface area (Å²) >= 11 is 1.37. The number of fused-ring (bicyclic) bond motifs is 3. The van der Waals surface area contributed by atoms with Gasteiger partial charge in [-0.1, -0.05) is 67.5 Å². The quantitative estimate of drug-likeness (QED) is 0.284. The zero-order valence-electron chi connectivity index (χ0n) is 30.1. The Morgan fingerprint density at radius 2 is 1.84 bits per heavy atom. The Morgan fingerprint density at radius 3 is 2.62 bits per heavy atom. The van der Waals surface area contributed by atoms with E-state index in [0.717, 1.165) is 30.5 Å². The molecule has 0 unspecified atom stereocenters. The summed E-state index contributed by atoms with van der Waals surface area (Å²) in [4.78, 5) is 63.7. The number of carbonyl (C=O) groups excluding carboxylic acids is 4. The van der Waals surface area contributed by atoms with Crippen LogP contribution in [0.2, 0.25) is 0 Å². The SMILES string of the molecule is O=C1N[C@]2(C(=O)NS(=O)(=O)C3CC3)C[C@@H]2/C=C\CCCCC[C@H](Nc2nc(-c3ccccc3)cs2)C(=O)N2C[C@H](OC(=O)N3Cc4cccc(F)c4C3)C[C@@H]12. The van der Waals surface area contributed by atoms with E-state index >= 15 is 0 Å². The van der Waals surface area contributed by atoms with Crippen LogP contribution in [0.5, 0.6) is 0 Å². The number of halogens is 1. The molecule has 1 aromatic heterocycles. The summed E-state index contributed by atoms with van der Waals surface area (Å²) in [7, 11) is -3.90. The van der Waals surface area contributed by atoms with Crippen LogP contribution < -0.4 is 15.4 Å². The van der Waals surface area contributed by atoms with Gasteiger partial charge >= 0.3 is 6.09 Å². The number of allylic oxidation sites excluding steroid dienone is 1. The lowest BCUT2D eigenvalue weighted by atomic mass is 10.1. The molecule has 5 atom stereocenters. The third-order valence-corrected chi connectivity index (χ3v) is 13.8. The molecule has 290 valence electrons. The molecule has 2 aromatic carbocycles. The van der Waals surface area contributed by atoms with Crippen LogP contribution in [0.1, 0.15) is 68.9 Å². The minimum Gasteiger partial charge on any atom is -0.444 e. The number of thiazole rings is 1. The molecule has 0 spiro atoms. The van der Waals surface area contributed by atoms with E-state index in [0.29, 0.717) is 41.9 Å². The maximum absolute atomic E-state index is 14.6. The minimum atomic E-state index is -3.90. The molecule has 1 saturated heterocycles. The topological polar surface area (TPSA) is 167 Å². The molecular weight excluding hydrogens is 748 g/mol. The van der Waals surface area contributed by atoms with Crippen LogP contribution in [0.4, 0.5) is 14.3 Å². The first-order valence-electron chi connectivity index (χ1n) is 18.9. The number of hydrogen-bond donors (Lipinski definition) is 3. The van der Waals surface area contributed by atoms with Gasteiger partial charge in [-0.3, -0.25) is 24.0 Å². The second kappa shape index (κ2) is 15.0. The summed E-state index contributed by atoms with van der Waals surface area (Å²) in [6, 6.07) is 12.4. The van der Waals surface area contributed by atoms with Crippen LogP contribution in [0.3, 0.4) is 0 Å². The Bertz CT molecular complexity index is 2130. The normalized spacial score (nSPS) is 27.4. The summed E-state index contributed by atoms with van der Waals surface area (Å²) in [5, 5.41) is 8.00. The number of amides is 4. The van der Waals surface area contributed by atoms with Gasteiger partial charge in [-0.15, -0.1) is 11.3 Å². The third kappa shape index (κ3) is 7.83. The molecule has 0 bridgehead atoms. The van der Waals surface area contributed by atoms with Crippen molar-refractivity contribution in [3.63, 3.8) is 0 Å². The fraction of sp³-hybridized carbons (Fsp3) is 0.462. The number of hydrogen-bond acceptors (Lipinski definition) is 10. The maximum atomic E-state index is 14.6. The number of nitrogens with one attached hydrogen (secondary N) is 3. The molecule has 2 aliphatic carbocycles. The number of ether oxygens (including phenoxy) is 1. The summed E-state index contributed by atoms with van der Waals surface area (Å²) < 4.78 is 48.3. The second-order valence-corrected chi connectivity index (χ2v) is 17.9. The highest BCUT2D eigenvalue weighted by Crippen LogP contribution is 2.46. The first-order valence-corrected chi connectivity index (χ1v) is 21.3. The molecule has 0 radical (unpaired) electrons. The average Bonchev–Trinajstić information content (AvgIpc) is 3.97. The van der Waals surface area contributed by atoms with Gasteiger partial charge in [0.05, 0.1) is 24.0 Å². The van der Waals surface area contributed by atoms with E-state index in [2.05, 4.69) is 15.4 Å². The number of nitrogens with zero attached hydrogens (tertiary/aromatic N) is 3. The first-order chi connectivity index (χ1) is 26.5. The van der Waals surface area contributed by atoms with Crippen molar-refractivity contribution in [3.05, 3.63) is 83.0 Å². The van der Waals surface area contributed by atoms with Crippen molar-refractivity contribution < 1.29 is 36.7 Å². The van der Waals surface area contributed by atoms with E-state index in [1.807, 2.05) is 47.9 Å². The van der Waals surface area contributed by atoms with Gasteiger partial charge in [-0.25, -0.2) is 22.6 Å². The number of aromatic nitrogens is 1. The van der Waals surface area contributed by atoms with Crippen molar-refractivity contribution in [1.82, 2.24) is 24.8 Å². The Hall–Kier alpha value is -4.83. The van der Waals surface area contributed by atoms with Crippen molar-refractivity contribution in [1.29, 1.82) is 0 Å². The van der Waals surface area contributed by atoms with Crippen molar-refractivity contribution in [2.24, 2.45) is 5.92 Å². The fourth-order valence-electron chi connectivity index (χ4n) is 7.81. The van der Waals surface area contributed by atoms with Crippen LogP contribution >= 0.6 is 11.3 Å². The predicted molar refractivity (Wildman–Crippen MR) is 202 cm³/mol. The summed E-state index contributed by atoms with van der Waals surface area (Å²) in [5.41, 5.74) is 1.26. The highest BCUT2D eigenvalue weighted by Gasteiger charge is 2.62. The van der Waals surface area contributed by atoms with Gasteiger partial charge in [0.15, 0.2) is 5.13 Å². The Balaban J connectivity index is 1.06. The van der Waals surface area contributed by atoms with Crippen LogP contribution in [-0.2, 0) is 42.2 Å². The summed E-state index contributed by atoms with van der Waals surface area (Å²) in [5.74, 6) is -2.69. The highest BCUT2D eigenvalue weighted by molar-refractivity contribution is 7.91. The molecule has 13 nitrogen and oxygen atoms in total. The van der Waals surface area contributed by atoms with Crippen LogP contribution in [0.15, 0.2) is 66.1 Å². The molecule has 4 amide bonds. The molecule has 55 heavy (non-hydrogen) atoms. The van der Waals surface area contributed by atoms with E-state index in [9.17, 15) is 32.0 Å². The van der Waals surface area contributed by atoms with Gasteiger partial charge in [-0.2, -0.15) is 0 Å². The number of rotatable bonds is 7. The second-order valence-electron chi connectivity index (χ2n) is 15.1. The van der Waals surface area contributed by atoms with Gasteiger partial charge in [0.2, 0.25) is 21.8 Å². The fourth-order valence-corrected chi connectivity index (χ4v) is 9.94. The van der Waals surface area contributed by atoms with E-state index in [-0.39, 0.29) is 38.4 Å². The number of benzene rings is 2. The first kappa shape index (κ1) is 37.1. The van der Waals surface area contributed by atoms with E-state index in [1.54, 1.807) is 12.1 Å². The van der Waals surface area contributed by atoms with Gasteiger partial charge in [0, 0.05) is 35.4 Å². The molecule has 4 heterocycles. The summed E-state index contributed by atoms with van der Waals surface area (Å²) in [6.07, 6.45) is 6.83. The lowest BCUT2D eigenvalue weighted by Gasteiger charge is -2.29. The van der Waals surface area contributed by atoms with Crippen molar-refractivity contribution in [2.75, 3.05) is 11.9 Å². The minimum absolute atomic E-state index is 0.0290. The van der Waals surface area contributed by atoms with Gasteiger partial charge in [0.25, 0.3) is 5.91 Å². The van der Waals surface area contributed by atoms with E-state index < -0.39 is 68.6 Å². The van der Waals surface area contributed by atoms with Crippen molar-refractivity contribution in [3.8, 4) is 11.3 Å². The molecule has 8 rings (SSSR count). The molecular formula is C39H43FN6O7S2. The summed E-state index contributed by atoms with van der Waals surface area (Å²) in [6.45, 7) is 0.0925. The standard InChI is InChI=1S/C39H43FN6O7S2/c40-30-14-9-12-25-20-45(22-29(25)30)38(50)53-27-18-33-34(47)43-39(36(49)44-55(51,52)28-16-17-28)19-26(39)13-7-2-1-3-8-15-31(35(48)46(33)21-27)41-37-42-32(23-54-37)24-10-5-4-6-11-24/h4-7,9-14,23,26-28,31,33H,1-3,8,15-22H2,(H,41,42)(H,43,47)(H,44,49)/b13-7-/t26-,27+,31-,33-,39+/m0/s1. The highest BCUT2D eigenvalue weighted by atomic mass is 32.2. The third-order valence-electron chi connectivity index (χ3n) is 11.2. The van der Waals surface area contributed by atoms with Crippen LogP contribution in [0.25, 0.3) is 11.3 Å². The van der Waals surface area contributed by atoms with Gasteiger partial charge < -0.3 is 20.3 Å². The largest absolute Gasteiger partial charge is 0.444 e. The molecule has 2 saturated carbocycles. The van der Waals surface area contributed by atoms with E-state index in [1.165, 1.54) is 27.2 Å². The van der Waals surface area contributed by atoms with Crippen molar-refractivity contribution in [2.45, 2.75) is 99.9 Å². The predicted octanol–water partition coefficient (Wildman–Crippen LogP) is 4.86. The number of sulfonamides is 1. The molecule has 3 fully saturated rings. The van der Waals surface area contributed by atoms with Crippen molar-refractivity contribution >= 4 is 50.3 Å². The van der Waals surface area contributed by atoms with Crippen LogP contribution in [-0.4, -0.2) is 82.5 Å². The zero-order chi connectivity index (χ0) is 38.3. The number of anilines is 1.